The molecular weight excluding hydrogens is 979 g/mol. The number of carbonyl (C=O) groups is 3. The van der Waals surface area contributed by atoms with Gasteiger partial charge in [0.25, 0.3) is 0 Å². The molecule has 0 amide bonds. The average Bonchev–Trinajstić information content (AvgIpc) is 3.29. The van der Waals surface area contributed by atoms with Gasteiger partial charge in [0.05, 0.1) is 0 Å². The summed E-state index contributed by atoms with van der Waals surface area (Å²) >= 11 is 0. The Morgan fingerprint density at radius 3 is 0.522 bits per heavy atom. The van der Waals surface area contributed by atoms with Gasteiger partial charge in [-0.1, -0.05) is 250 Å². The van der Waals surface area contributed by atoms with E-state index in [0.29, 0.717) is 0 Å². The fraction of sp³-hybridized carbons (Fsp3) is 0.850. The molecule has 0 rings (SSSR count). The third-order valence-electron chi connectivity index (χ3n) is 12.4. The molecule has 0 aliphatic heterocycles. The Hall–Kier alpha value is -1.10. The van der Waals surface area contributed by atoms with Crippen molar-refractivity contribution < 1.29 is 67.9 Å². The van der Waals surface area contributed by atoms with Gasteiger partial charge in [-0.25, -0.2) is 0 Å². The van der Waals surface area contributed by atoms with Gasteiger partial charge in [0.1, 0.15) is 0 Å². The summed E-state index contributed by atoms with van der Waals surface area (Å²) in [5.74, 6) is -2.74. The fourth-order valence-electron chi connectivity index (χ4n) is 8.08. The molecule has 0 N–H and O–H groups in total. The van der Waals surface area contributed by atoms with Gasteiger partial charge in [0, 0.05) is 17.9 Å². The average molecular weight is 1090 g/mol. The zero-order chi connectivity index (χ0) is 48.9. The van der Waals surface area contributed by atoms with Crippen LogP contribution in [0.2, 0.25) is 0 Å². The molecule has 0 aromatic rings. The summed E-state index contributed by atoms with van der Waals surface area (Å²) in [6.07, 6.45) is 71.5. The van der Waals surface area contributed by atoms with E-state index in [1.165, 1.54) is 231 Å². The van der Waals surface area contributed by atoms with Gasteiger partial charge in [-0.2, -0.15) is 0 Å². The topological polar surface area (TPSA) is 120 Å². The van der Waals surface area contributed by atoms with Gasteiger partial charge < -0.3 is 29.7 Å². The molecule has 0 aromatic heterocycles. The first-order valence-corrected chi connectivity index (χ1v) is 28.9. The largest absolute Gasteiger partial charge is 3.00 e. The van der Waals surface area contributed by atoms with Crippen LogP contribution in [0.1, 0.15) is 329 Å². The second-order valence-corrected chi connectivity index (χ2v) is 19.2. The number of rotatable bonds is 51. The summed E-state index contributed by atoms with van der Waals surface area (Å²) in [6.45, 7) is 6.80. The number of carbonyl (C=O) groups excluding carboxylic acids is 3. The number of hydrogen-bond donors (Lipinski definition) is 0. The molecule has 0 saturated carbocycles. The zero-order valence-corrected chi connectivity index (χ0v) is 46.7. The summed E-state index contributed by atoms with van der Waals surface area (Å²) in [5, 5.41) is 30.7. The third kappa shape index (κ3) is 82.2. The van der Waals surface area contributed by atoms with Crippen molar-refractivity contribution in [2.24, 2.45) is 0 Å². The molecule has 0 saturated heterocycles. The molecule has 0 atom stereocenters. The van der Waals surface area contributed by atoms with Crippen molar-refractivity contribution in [2.45, 2.75) is 329 Å². The number of hydrogen-bond acceptors (Lipinski definition) is 6. The minimum Gasteiger partial charge on any atom is -0.550 e. The number of allylic oxidation sites excluding steroid dienone is 6. The van der Waals surface area contributed by atoms with Crippen LogP contribution >= 0.6 is 0 Å². The van der Waals surface area contributed by atoms with Crippen LogP contribution in [0.5, 0.6) is 0 Å². The van der Waals surface area contributed by atoms with E-state index in [1.54, 1.807) is 0 Å². The van der Waals surface area contributed by atoms with E-state index >= 15 is 0 Å². The van der Waals surface area contributed by atoms with Crippen LogP contribution in [0.3, 0.4) is 0 Å². The normalized spacial score (nSPS) is 11.1. The molecule has 0 unspecified atom stereocenters. The Balaban J connectivity index is -0.000000441. The van der Waals surface area contributed by atoms with E-state index in [1.807, 2.05) is 0 Å². The van der Waals surface area contributed by atoms with Crippen LogP contribution in [0.4, 0.5) is 0 Å². The molecule has 7 heteroatoms. The molecule has 0 aromatic carbocycles. The molecule has 0 aliphatic rings. The Morgan fingerprint density at radius 1 is 0.239 bits per heavy atom. The van der Waals surface area contributed by atoms with Crippen LogP contribution in [0.25, 0.3) is 0 Å². The van der Waals surface area contributed by atoms with Crippen molar-refractivity contribution in [3.63, 3.8) is 0 Å². The van der Waals surface area contributed by atoms with Gasteiger partial charge in [0.15, 0.2) is 0 Å². The first kappa shape index (κ1) is 72.4. The van der Waals surface area contributed by atoms with Gasteiger partial charge in [-0.3, -0.25) is 0 Å². The van der Waals surface area contributed by atoms with Crippen molar-refractivity contribution in [1.82, 2.24) is 0 Å². The van der Waals surface area contributed by atoms with Gasteiger partial charge >= 0.3 is 38.2 Å². The van der Waals surface area contributed by atoms with Gasteiger partial charge in [-0.05, 0) is 116 Å². The predicted octanol–water partition coefficient (Wildman–Crippen LogP) is 16.7. The third-order valence-corrected chi connectivity index (χ3v) is 12.4. The van der Waals surface area contributed by atoms with Crippen molar-refractivity contribution in [3.05, 3.63) is 36.5 Å². The van der Waals surface area contributed by atoms with Crippen molar-refractivity contribution >= 4 is 17.9 Å². The molecule has 0 aliphatic carbocycles. The summed E-state index contributed by atoms with van der Waals surface area (Å²) in [4.78, 5) is 30.7. The van der Waals surface area contributed by atoms with E-state index in [-0.39, 0.29) is 57.4 Å². The van der Waals surface area contributed by atoms with Gasteiger partial charge in [0.2, 0.25) is 0 Å². The van der Waals surface area contributed by atoms with Crippen molar-refractivity contribution in [3.8, 4) is 0 Å². The van der Waals surface area contributed by atoms with Crippen LogP contribution < -0.4 is 15.3 Å². The minimum atomic E-state index is -0.913. The van der Waals surface area contributed by atoms with E-state index in [9.17, 15) is 29.7 Å². The SMILES string of the molecule is CCCCCCCCCC/C=C\CCCCCCCC(=O)[O-].CCCCCCCCCC/C=C\CCCCCCCC(=O)[O-].CCCCCCCCCC/C=C\CCCCCCCC(=O)[O-].[Dy+3]. The molecule has 0 heterocycles. The number of unbranched alkanes of at least 4 members (excludes halogenated alkanes) is 39. The minimum absolute atomic E-state index is 0. The first-order chi connectivity index (χ1) is 32.3. The maximum atomic E-state index is 10.2. The van der Waals surface area contributed by atoms with Crippen LogP contribution in [0.15, 0.2) is 36.5 Å². The molecule has 0 bridgehead atoms. The zero-order valence-electron chi connectivity index (χ0n) is 44.7. The predicted molar refractivity (Wildman–Crippen MR) is 281 cm³/mol. The smallest absolute Gasteiger partial charge is 0.550 e. The molecular formula is C60H111DyO6. The van der Waals surface area contributed by atoms with E-state index in [0.717, 1.165) is 57.8 Å². The molecule has 6 nitrogen and oxygen atoms in total. The number of carboxylic acids is 3. The molecule has 67 heavy (non-hydrogen) atoms. The standard InChI is InChI=1S/3C20H38O2.Dy/c3*1-2-3-4-5-6-7-8-9-10-11-12-13-14-15-16-17-18-19-20(21)22;/h3*11-12H,2-10,13-19H2,1H3,(H,21,22);/q;;;+3/p-3/b3*12-11-;. The summed E-state index contributed by atoms with van der Waals surface area (Å²) in [6, 6.07) is 0. The quantitative estimate of drug-likeness (QED) is 0.0442. The molecule has 397 valence electrons. The molecule has 0 spiro atoms. The van der Waals surface area contributed by atoms with Crippen LogP contribution in [-0.2, 0) is 14.4 Å². The number of carboxylic acid groups (broad SMARTS) is 3. The van der Waals surface area contributed by atoms with E-state index < -0.39 is 17.9 Å². The Bertz CT molecular complexity index is 911. The first-order valence-electron chi connectivity index (χ1n) is 28.9. The van der Waals surface area contributed by atoms with Crippen molar-refractivity contribution in [1.29, 1.82) is 0 Å². The Kier molecular flexibility index (Phi) is 74.8. The number of aliphatic carboxylic acids is 3. The Morgan fingerprint density at radius 2 is 0.373 bits per heavy atom. The summed E-state index contributed by atoms with van der Waals surface area (Å²) in [5.41, 5.74) is 0. The van der Waals surface area contributed by atoms with Crippen LogP contribution in [0, 0.1) is 38.2 Å². The van der Waals surface area contributed by atoms with Crippen LogP contribution in [-0.4, -0.2) is 17.9 Å². The van der Waals surface area contributed by atoms with E-state index in [2.05, 4.69) is 57.2 Å². The summed E-state index contributed by atoms with van der Waals surface area (Å²) in [7, 11) is 0. The second-order valence-electron chi connectivity index (χ2n) is 19.2. The monoisotopic (exact) mass is 1090 g/mol. The molecule has 0 fully saturated rings. The molecule has 1 radical (unpaired) electrons. The Labute approximate surface area is 448 Å². The summed E-state index contributed by atoms with van der Waals surface area (Å²) < 4.78 is 0. The second kappa shape index (κ2) is 69.2. The van der Waals surface area contributed by atoms with E-state index in [4.69, 9.17) is 0 Å². The van der Waals surface area contributed by atoms with Crippen molar-refractivity contribution in [2.75, 3.05) is 0 Å². The van der Waals surface area contributed by atoms with Gasteiger partial charge in [-0.15, -0.1) is 0 Å². The maximum Gasteiger partial charge on any atom is 3.00 e. The maximum absolute atomic E-state index is 10.2. The fourth-order valence-corrected chi connectivity index (χ4v) is 8.08.